The molecule has 0 bridgehead atoms. The van der Waals surface area contributed by atoms with Gasteiger partial charge in [0, 0.05) is 12.1 Å². The maximum atomic E-state index is 12.6. The van der Waals surface area contributed by atoms with Crippen LogP contribution in [-0.2, 0) is 10.0 Å². The predicted octanol–water partition coefficient (Wildman–Crippen LogP) is 3.13. The first kappa shape index (κ1) is 19.5. The topological polar surface area (TPSA) is 99.1 Å². The number of benzene rings is 2. The Hall–Kier alpha value is -2.85. The maximum absolute atomic E-state index is 12.6. The number of hydrogen-bond donors (Lipinski definition) is 2. The molecule has 0 aliphatic carbocycles. The smallest absolute Gasteiger partial charge is 0.261 e. The van der Waals surface area contributed by atoms with Gasteiger partial charge in [0.1, 0.15) is 0 Å². The predicted molar refractivity (Wildman–Crippen MR) is 100 cm³/mol. The van der Waals surface area contributed by atoms with Crippen molar-refractivity contribution >= 4 is 21.6 Å². The highest BCUT2D eigenvalue weighted by Crippen LogP contribution is 2.18. The number of nitrogens with one attached hydrogen (secondary N) is 2. The van der Waals surface area contributed by atoms with Gasteiger partial charge in [-0.25, -0.2) is 8.42 Å². The average molecular weight is 371 g/mol. The molecule has 0 unspecified atom stereocenters. The number of amides is 1. The summed E-state index contributed by atoms with van der Waals surface area (Å²) in [6, 6.07) is 14.0. The van der Waals surface area contributed by atoms with Gasteiger partial charge < -0.3 is 5.32 Å². The SMILES string of the molecule is CC(C)CCNC(=O)c1cccc(S(=O)(=O)Nc2cccc(C#N)c2)c1. The molecule has 136 valence electrons. The van der Waals surface area contributed by atoms with Gasteiger partial charge in [-0.2, -0.15) is 5.26 Å². The maximum Gasteiger partial charge on any atom is 0.261 e. The molecule has 0 aromatic heterocycles. The van der Waals surface area contributed by atoms with Crippen LogP contribution in [0.1, 0.15) is 36.2 Å². The van der Waals surface area contributed by atoms with Crippen LogP contribution < -0.4 is 10.0 Å². The second-order valence-corrected chi connectivity index (χ2v) is 7.95. The van der Waals surface area contributed by atoms with Crippen LogP contribution in [0, 0.1) is 17.2 Å². The fourth-order valence-corrected chi connectivity index (χ4v) is 3.34. The lowest BCUT2D eigenvalue weighted by Crippen LogP contribution is -2.25. The summed E-state index contributed by atoms with van der Waals surface area (Å²) in [5, 5.41) is 11.7. The van der Waals surface area contributed by atoms with Crippen molar-refractivity contribution in [2.24, 2.45) is 5.92 Å². The highest BCUT2D eigenvalue weighted by atomic mass is 32.2. The first-order chi connectivity index (χ1) is 12.3. The molecule has 0 atom stereocenters. The molecule has 0 aliphatic rings. The lowest BCUT2D eigenvalue weighted by Gasteiger charge is -2.10. The molecule has 2 aromatic carbocycles. The Kier molecular flexibility index (Phi) is 6.36. The van der Waals surface area contributed by atoms with Crippen molar-refractivity contribution in [3.05, 3.63) is 59.7 Å². The zero-order valence-electron chi connectivity index (χ0n) is 14.7. The number of hydrogen-bond acceptors (Lipinski definition) is 4. The Bertz CT molecular complexity index is 931. The molecular weight excluding hydrogens is 350 g/mol. The molecule has 0 radical (unpaired) electrons. The van der Waals surface area contributed by atoms with E-state index >= 15 is 0 Å². The Balaban J connectivity index is 2.17. The molecular formula is C19H21N3O3S. The van der Waals surface area contributed by atoms with Crippen molar-refractivity contribution in [1.82, 2.24) is 5.32 Å². The number of carbonyl (C=O) groups excluding carboxylic acids is 1. The van der Waals surface area contributed by atoms with Gasteiger partial charge in [0.25, 0.3) is 15.9 Å². The molecule has 0 aliphatic heterocycles. The molecule has 0 fully saturated rings. The molecule has 1 amide bonds. The van der Waals surface area contributed by atoms with E-state index in [0.29, 0.717) is 18.0 Å². The van der Waals surface area contributed by atoms with Crippen molar-refractivity contribution in [3.8, 4) is 6.07 Å². The normalized spacial score (nSPS) is 11.0. The summed E-state index contributed by atoms with van der Waals surface area (Å²) in [5.41, 5.74) is 0.918. The largest absolute Gasteiger partial charge is 0.352 e. The van der Waals surface area contributed by atoms with E-state index in [1.54, 1.807) is 24.3 Å². The number of sulfonamides is 1. The van der Waals surface area contributed by atoms with Crippen molar-refractivity contribution in [2.45, 2.75) is 25.2 Å². The molecule has 0 spiro atoms. The summed E-state index contributed by atoms with van der Waals surface area (Å²) in [7, 11) is -3.87. The summed E-state index contributed by atoms with van der Waals surface area (Å²) < 4.78 is 27.5. The van der Waals surface area contributed by atoms with Crippen LogP contribution in [0.2, 0.25) is 0 Å². The first-order valence-corrected chi connectivity index (χ1v) is 9.71. The van der Waals surface area contributed by atoms with Crippen molar-refractivity contribution in [2.75, 3.05) is 11.3 Å². The summed E-state index contributed by atoms with van der Waals surface area (Å²) in [6.45, 7) is 4.66. The quantitative estimate of drug-likeness (QED) is 0.781. The van der Waals surface area contributed by atoms with E-state index in [1.807, 2.05) is 6.07 Å². The van der Waals surface area contributed by atoms with E-state index in [1.165, 1.54) is 24.3 Å². The number of anilines is 1. The minimum absolute atomic E-state index is 0.0172. The molecule has 7 heteroatoms. The van der Waals surface area contributed by atoms with Gasteiger partial charge in [0.05, 0.1) is 22.2 Å². The average Bonchev–Trinajstić information content (AvgIpc) is 2.61. The summed E-state index contributed by atoms with van der Waals surface area (Å²) in [6.07, 6.45) is 0.848. The minimum Gasteiger partial charge on any atom is -0.352 e. The van der Waals surface area contributed by atoms with Crippen molar-refractivity contribution in [1.29, 1.82) is 5.26 Å². The number of nitrogens with zero attached hydrogens (tertiary/aromatic N) is 1. The zero-order valence-corrected chi connectivity index (χ0v) is 15.5. The van der Waals surface area contributed by atoms with E-state index in [4.69, 9.17) is 5.26 Å². The highest BCUT2D eigenvalue weighted by Gasteiger charge is 2.16. The molecule has 2 rings (SSSR count). The fourth-order valence-electron chi connectivity index (χ4n) is 2.25. The van der Waals surface area contributed by atoms with E-state index < -0.39 is 10.0 Å². The van der Waals surface area contributed by atoms with Crippen LogP contribution in [0.3, 0.4) is 0 Å². The first-order valence-electron chi connectivity index (χ1n) is 8.23. The standard InChI is InChI=1S/C19H21N3O3S/c1-14(2)9-10-21-19(23)16-6-4-8-18(12-16)26(24,25)22-17-7-3-5-15(11-17)13-20/h3-8,11-12,14,22H,9-10H2,1-2H3,(H,21,23). The van der Waals surface area contributed by atoms with Gasteiger partial charge in [-0.1, -0.05) is 26.0 Å². The fraction of sp³-hybridized carbons (Fsp3) is 0.263. The van der Waals surface area contributed by atoms with E-state index in [0.717, 1.165) is 6.42 Å². The molecule has 26 heavy (non-hydrogen) atoms. The van der Waals surface area contributed by atoms with Gasteiger partial charge in [0.15, 0.2) is 0 Å². The Morgan fingerprint density at radius 3 is 2.58 bits per heavy atom. The minimum atomic E-state index is -3.87. The summed E-state index contributed by atoms with van der Waals surface area (Å²) in [4.78, 5) is 12.2. The molecule has 2 N–H and O–H groups in total. The Morgan fingerprint density at radius 2 is 1.88 bits per heavy atom. The summed E-state index contributed by atoms with van der Waals surface area (Å²) in [5.74, 6) is 0.157. The number of rotatable bonds is 7. The molecule has 0 heterocycles. The van der Waals surface area contributed by atoms with Gasteiger partial charge in [-0.3, -0.25) is 9.52 Å². The third-order valence-corrected chi connectivity index (χ3v) is 5.04. The number of nitriles is 1. The van der Waals surface area contributed by atoms with Gasteiger partial charge in [0.2, 0.25) is 0 Å². The Labute approximate surface area is 153 Å². The van der Waals surface area contributed by atoms with Crippen molar-refractivity contribution < 1.29 is 13.2 Å². The van der Waals surface area contributed by atoms with E-state index in [2.05, 4.69) is 23.9 Å². The van der Waals surface area contributed by atoms with Crippen LogP contribution in [0.4, 0.5) is 5.69 Å². The molecule has 0 saturated heterocycles. The van der Waals surface area contributed by atoms with Crippen LogP contribution in [0.25, 0.3) is 0 Å². The van der Waals surface area contributed by atoms with Crippen LogP contribution >= 0.6 is 0 Å². The zero-order chi connectivity index (χ0) is 19.2. The summed E-state index contributed by atoms with van der Waals surface area (Å²) >= 11 is 0. The number of carbonyl (C=O) groups is 1. The third-order valence-electron chi connectivity index (χ3n) is 3.66. The van der Waals surface area contributed by atoms with Gasteiger partial charge >= 0.3 is 0 Å². The second-order valence-electron chi connectivity index (χ2n) is 6.26. The van der Waals surface area contributed by atoms with Crippen LogP contribution in [-0.4, -0.2) is 20.9 Å². The third kappa shape index (κ3) is 5.33. The second kappa shape index (κ2) is 8.50. The molecule has 0 saturated carbocycles. The Morgan fingerprint density at radius 1 is 1.15 bits per heavy atom. The highest BCUT2D eigenvalue weighted by molar-refractivity contribution is 7.92. The van der Waals surface area contributed by atoms with Crippen molar-refractivity contribution in [3.63, 3.8) is 0 Å². The van der Waals surface area contributed by atoms with E-state index in [9.17, 15) is 13.2 Å². The van der Waals surface area contributed by atoms with Gasteiger partial charge in [-0.05, 0) is 48.7 Å². The van der Waals surface area contributed by atoms with Gasteiger partial charge in [-0.15, -0.1) is 0 Å². The van der Waals surface area contributed by atoms with Crippen LogP contribution in [0.5, 0.6) is 0 Å². The monoisotopic (exact) mass is 371 g/mol. The molecule has 2 aromatic rings. The molecule has 6 nitrogen and oxygen atoms in total. The lowest BCUT2D eigenvalue weighted by molar-refractivity contribution is 0.0952. The van der Waals surface area contributed by atoms with E-state index in [-0.39, 0.29) is 22.1 Å². The van der Waals surface area contributed by atoms with Crippen LogP contribution in [0.15, 0.2) is 53.4 Å². The lowest BCUT2D eigenvalue weighted by atomic mass is 10.1.